The molecule has 1 aromatic rings. The molecular weight excluding hydrogens is 282 g/mol. The summed E-state index contributed by atoms with van der Waals surface area (Å²) in [5.41, 5.74) is 1.39. The monoisotopic (exact) mass is 297 g/mol. The van der Waals surface area contributed by atoms with E-state index in [0.29, 0.717) is 5.33 Å². The van der Waals surface area contributed by atoms with Crippen LogP contribution in [0.1, 0.15) is 32.4 Å². The highest BCUT2D eigenvalue weighted by molar-refractivity contribution is 9.09. The van der Waals surface area contributed by atoms with Gasteiger partial charge in [-0.1, -0.05) is 34.1 Å². The molecule has 3 nitrogen and oxygen atoms in total. The van der Waals surface area contributed by atoms with Crippen molar-refractivity contribution >= 4 is 27.5 Å². The van der Waals surface area contributed by atoms with Gasteiger partial charge in [-0.25, -0.2) is 0 Å². The second-order valence-electron chi connectivity index (χ2n) is 4.63. The summed E-state index contributed by atoms with van der Waals surface area (Å²) in [6.07, 6.45) is 0.000533. The Morgan fingerprint density at radius 1 is 1.47 bits per heavy atom. The van der Waals surface area contributed by atoms with Gasteiger partial charge in [-0.05, 0) is 26.8 Å². The smallest absolute Gasteiger partial charge is 0.239 e. The molecule has 0 bridgehead atoms. The Balaban J connectivity index is 2.55. The molecule has 4 heteroatoms. The zero-order valence-electron chi connectivity index (χ0n) is 10.2. The Labute approximate surface area is 110 Å². The molecule has 1 unspecified atom stereocenters. The molecule has 92 valence electrons. The van der Waals surface area contributed by atoms with Gasteiger partial charge in [0.15, 0.2) is 0 Å². The number of hydrogen-bond acceptors (Lipinski definition) is 2. The summed E-state index contributed by atoms with van der Waals surface area (Å²) in [6.45, 7) is 5.84. The van der Waals surface area contributed by atoms with E-state index < -0.39 is 5.72 Å². The van der Waals surface area contributed by atoms with Gasteiger partial charge < -0.3 is 4.74 Å². The van der Waals surface area contributed by atoms with Gasteiger partial charge in [0.05, 0.1) is 17.1 Å². The molecule has 1 amide bonds. The fourth-order valence-corrected chi connectivity index (χ4v) is 2.62. The van der Waals surface area contributed by atoms with Crippen molar-refractivity contribution in [1.82, 2.24) is 0 Å². The first kappa shape index (κ1) is 12.6. The van der Waals surface area contributed by atoms with Gasteiger partial charge in [0.2, 0.25) is 5.91 Å². The zero-order valence-corrected chi connectivity index (χ0v) is 11.8. The number of hydrogen-bond donors (Lipinski definition) is 0. The largest absolute Gasteiger partial charge is 0.348 e. The Kier molecular flexibility index (Phi) is 3.27. The number of amides is 1. The molecular formula is C13H16BrNO2. The first-order valence-electron chi connectivity index (χ1n) is 5.63. The van der Waals surface area contributed by atoms with Gasteiger partial charge in [0.25, 0.3) is 0 Å². The van der Waals surface area contributed by atoms with Crippen LogP contribution in [-0.2, 0) is 9.53 Å². The van der Waals surface area contributed by atoms with Crippen LogP contribution in [0, 0.1) is 0 Å². The number of halogens is 1. The predicted octanol–water partition coefficient (Wildman–Crippen LogP) is 3.24. The summed E-state index contributed by atoms with van der Waals surface area (Å²) in [5, 5.41) is 0.294. The number of para-hydroxylation sites is 1. The van der Waals surface area contributed by atoms with E-state index in [4.69, 9.17) is 4.74 Å². The van der Waals surface area contributed by atoms with Crippen molar-refractivity contribution in [3.63, 3.8) is 0 Å². The van der Waals surface area contributed by atoms with Gasteiger partial charge in [-0.3, -0.25) is 9.69 Å². The van der Waals surface area contributed by atoms with Crippen molar-refractivity contribution in [2.24, 2.45) is 0 Å². The van der Waals surface area contributed by atoms with E-state index in [9.17, 15) is 4.79 Å². The number of anilines is 1. The lowest BCUT2D eigenvalue weighted by molar-refractivity contribution is -0.127. The first-order valence-corrected chi connectivity index (χ1v) is 6.75. The van der Waals surface area contributed by atoms with Crippen LogP contribution in [0.5, 0.6) is 0 Å². The minimum Gasteiger partial charge on any atom is -0.348 e. The number of carbonyl (C=O) groups excluding carboxylic acids is 1. The lowest BCUT2D eigenvalue weighted by Crippen LogP contribution is -2.53. The van der Waals surface area contributed by atoms with Gasteiger partial charge in [0, 0.05) is 5.56 Å². The van der Waals surface area contributed by atoms with E-state index in [1.54, 1.807) is 4.90 Å². The van der Waals surface area contributed by atoms with E-state index in [1.165, 1.54) is 0 Å². The molecule has 1 aliphatic rings. The van der Waals surface area contributed by atoms with Crippen molar-refractivity contribution in [3.8, 4) is 0 Å². The van der Waals surface area contributed by atoms with E-state index in [0.717, 1.165) is 11.3 Å². The van der Waals surface area contributed by atoms with Crippen molar-refractivity contribution in [1.29, 1.82) is 0 Å². The second-order valence-corrected chi connectivity index (χ2v) is 5.19. The normalized spacial score (nSPS) is 22.1. The fourth-order valence-electron chi connectivity index (χ4n) is 2.37. The molecule has 2 rings (SSSR count). The lowest BCUT2D eigenvalue weighted by Gasteiger charge is -2.45. The third-order valence-electron chi connectivity index (χ3n) is 2.98. The van der Waals surface area contributed by atoms with Gasteiger partial charge in [0.1, 0.15) is 5.72 Å². The summed E-state index contributed by atoms with van der Waals surface area (Å²) in [6, 6.07) is 7.88. The van der Waals surface area contributed by atoms with Gasteiger partial charge in [-0.15, -0.1) is 0 Å². The van der Waals surface area contributed by atoms with E-state index in [-0.39, 0.29) is 12.0 Å². The Morgan fingerprint density at radius 2 is 2.12 bits per heavy atom. The minimum absolute atomic E-state index is 0.000533. The molecule has 1 atom stereocenters. The molecule has 0 spiro atoms. The van der Waals surface area contributed by atoms with Crippen molar-refractivity contribution in [2.75, 3.05) is 10.2 Å². The molecule has 17 heavy (non-hydrogen) atoms. The molecule has 0 N–H and O–H groups in total. The molecule has 0 radical (unpaired) electrons. The third-order valence-corrected chi connectivity index (χ3v) is 3.46. The minimum atomic E-state index is -0.612. The number of nitrogens with zero attached hydrogens (tertiary/aromatic N) is 1. The molecule has 1 heterocycles. The number of rotatable bonds is 1. The Bertz CT molecular complexity index is 445. The average molecular weight is 298 g/mol. The molecule has 1 aliphatic heterocycles. The van der Waals surface area contributed by atoms with E-state index in [2.05, 4.69) is 15.9 Å². The summed E-state index contributed by atoms with van der Waals surface area (Å²) >= 11 is 3.22. The zero-order chi connectivity index (χ0) is 12.6. The highest BCUT2D eigenvalue weighted by atomic mass is 79.9. The maximum atomic E-state index is 12.1. The molecule has 1 aromatic carbocycles. The van der Waals surface area contributed by atoms with Gasteiger partial charge >= 0.3 is 0 Å². The number of benzene rings is 1. The molecule has 0 aromatic heterocycles. The second kappa shape index (κ2) is 4.42. The molecule has 0 saturated carbocycles. The summed E-state index contributed by atoms with van der Waals surface area (Å²) in [4.78, 5) is 13.8. The van der Waals surface area contributed by atoms with Crippen molar-refractivity contribution in [2.45, 2.75) is 32.6 Å². The van der Waals surface area contributed by atoms with Crippen molar-refractivity contribution in [3.05, 3.63) is 29.8 Å². The van der Waals surface area contributed by atoms with Crippen LogP contribution < -0.4 is 4.90 Å². The van der Waals surface area contributed by atoms with Crippen LogP contribution >= 0.6 is 15.9 Å². The third kappa shape index (κ3) is 2.11. The average Bonchev–Trinajstić information content (AvgIpc) is 2.27. The standard InChI is InChI=1S/C13H16BrNO2/c1-9-10-6-4-5-7-11(10)15(12(16)8-14)13(2,3)17-9/h4-7,9H,8H2,1-3H3. The summed E-state index contributed by atoms with van der Waals surface area (Å²) < 4.78 is 5.92. The van der Waals surface area contributed by atoms with E-state index >= 15 is 0 Å². The summed E-state index contributed by atoms with van der Waals surface area (Å²) in [5.74, 6) is 0.00866. The molecule has 0 aliphatic carbocycles. The van der Waals surface area contributed by atoms with Gasteiger partial charge in [-0.2, -0.15) is 0 Å². The van der Waals surface area contributed by atoms with Crippen LogP contribution in [0.4, 0.5) is 5.69 Å². The van der Waals surface area contributed by atoms with Crippen molar-refractivity contribution < 1.29 is 9.53 Å². The number of carbonyl (C=O) groups is 1. The molecule has 0 saturated heterocycles. The lowest BCUT2D eigenvalue weighted by atomic mass is 10.0. The van der Waals surface area contributed by atoms with Crippen LogP contribution in [-0.4, -0.2) is 17.0 Å². The number of fused-ring (bicyclic) bond motifs is 1. The van der Waals surface area contributed by atoms with E-state index in [1.807, 2.05) is 45.0 Å². The quantitative estimate of drug-likeness (QED) is 0.745. The highest BCUT2D eigenvalue weighted by Crippen LogP contribution is 2.41. The Morgan fingerprint density at radius 3 is 2.76 bits per heavy atom. The fraction of sp³-hybridized carbons (Fsp3) is 0.462. The number of ether oxygens (including phenoxy) is 1. The molecule has 0 fully saturated rings. The maximum Gasteiger partial charge on any atom is 0.239 e. The number of alkyl halides is 1. The topological polar surface area (TPSA) is 29.5 Å². The Hall–Kier alpha value is -0.870. The van der Waals surface area contributed by atoms with Crippen LogP contribution in [0.25, 0.3) is 0 Å². The first-order chi connectivity index (χ1) is 7.97. The SMILES string of the molecule is CC1OC(C)(C)N(C(=O)CBr)c2ccccc21. The maximum absolute atomic E-state index is 12.1. The highest BCUT2D eigenvalue weighted by Gasteiger charge is 2.40. The van der Waals surface area contributed by atoms with Crippen LogP contribution in [0.15, 0.2) is 24.3 Å². The van der Waals surface area contributed by atoms with Crippen LogP contribution in [0.2, 0.25) is 0 Å². The van der Waals surface area contributed by atoms with Crippen LogP contribution in [0.3, 0.4) is 0 Å². The summed E-state index contributed by atoms with van der Waals surface area (Å²) in [7, 11) is 0. The predicted molar refractivity (Wildman–Crippen MR) is 71.3 cm³/mol.